The van der Waals surface area contributed by atoms with Gasteiger partial charge < -0.3 is 19.5 Å². The number of hydrogen-bond acceptors (Lipinski definition) is 5. The second-order valence-corrected chi connectivity index (χ2v) is 8.57. The Morgan fingerprint density at radius 2 is 1.50 bits per heavy atom. The molecule has 4 rings (SSSR count). The number of methoxy groups -OCH3 is 3. The van der Waals surface area contributed by atoms with Crippen molar-refractivity contribution in [2.45, 2.75) is 25.4 Å². The lowest BCUT2D eigenvalue weighted by Crippen LogP contribution is -2.42. The highest BCUT2D eigenvalue weighted by atomic mass is 16.5. The maximum atomic E-state index is 13.2. The normalized spacial score (nSPS) is 18.2. The molecule has 1 heterocycles. The molecule has 1 amide bonds. The number of amides is 1. The minimum Gasteiger partial charge on any atom is -0.497 e. The predicted molar refractivity (Wildman–Crippen MR) is 133 cm³/mol. The van der Waals surface area contributed by atoms with Crippen molar-refractivity contribution in [3.05, 3.63) is 83.9 Å². The summed E-state index contributed by atoms with van der Waals surface area (Å²) in [5.41, 5.74) is 3.14. The first-order chi connectivity index (χ1) is 16.6. The molecule has 0 aliphatic carbocycles. The summed E-state index contributed by atoms with van der Waals surface area (Å²) in [5, 5.41) is 3.08. The van der Waals surface area contributed by atoms with E-state index in [0.717, 1.165) is 41.3 Å². The number of carbonyl (C=O) groups excluding carboxylic acids is 1. The molecule has 6 nitrogen and oxygen atoms in total. The van der Waals surface area contributed by atoms with Gasteiger partial charge in [-0.3, -0.25) is 9.69 Å². The number of nitrogens with one attached hydrogen (secondary N) is 1. The van der Waals surface area contributed by atoms with Gasteiger partial charge in [-0.05, 0) is 60.4 Å². The number of benzene rings is 3. The highest BCUT2D eigenvalue weighted by Crippen LogP contribution is 2.36. The van der Waals surface area contributed by atoms with Crippen molar-refractivity contribution in [1.29, 1.82) is 0 Å². The van der Waals surface area contributed by atoms with Crippen LogP contribution in [0, 0.1) is 5.92 Å². The van der Waals surface area contributed by atoms with Crippen molar-refractivity contribution >= 4 is 11.6 Å². The molecule has 0 saturated carbocycles. The molecule has 0 bridgehead atoms. The lowest BCUT2D eigenvalue weighted by atomic mass is 9.88. The zero-order valence-corrected chi connectivity index (χ0v) is 20.0. The minimum absolute atomic E-state index is 0.0462. The highest BCUT2D eigenvalue weighted by Gasteiger charge is 2.33. The van der Waals surface area contributed by atoms with Crippen LogP contribution in [-0.2, 0) is 11.3 Å². The molecular weight excluding hydrogens is 428 g/mol. The van der Waals surface area contributed by atoms with E-state index in [1.807, 2.05) is 48.5 Å². The summed E-state index contributed by atoms with van der Waals surface area (Å²) in [6.45, 7) is 1.36. The number of nitrogens with zero attached hydrogens (tertiary/aromatic N) is 1. The van der Waals surface area contributed by atoms with Crippen LogP contribution in [0.4, 0.5) is 5.69 Å². The second kappa shape index (κ2) is 11.1. The van der Waals surface area contributed by atoms with Crippen molar-refractivity contribution < 1.29 is 19.0 Å². The van der Waals surface area contributed by atoms with Crippen LogP contribution in [0.2, 0.25) is 0 Å². The van der Waals surface area contributed by atoms with Crippen molar-refractivity contribution in [1.82, 2.24) is 4.90 Å². The molecule has 1 aliphatic heterocycles. The van der Waals surface area contributed by atoms with E-state index in [4.69, 9.17) is 14.2 Å². The maximum Gasteiger partial charge on any atom is 0.228 e. The Balaban J connectivity index is 1.54. The summed E-state index contributed by atoms with van der Waals surface area (Å²) in [4.78, 5) is 15.5. The van der Waals surface area contributed by atoms with Gasteiger partial charge in [0, 0.05) is 30.9 Å². The average Bonchev–Trinajstić information content (AvgIpc) is 2.89. The first kappa shape index (κ1) is 23.6. The number of anilines is 1. The van der Waals surface area contributed by atoms with Crippen LogP contribution in [0.25, 0.3) is 0 Å². The van der Waals surface area contributed by atoms with Gasteiger partial charge in [0.15, 0.2) is 0 Å². The van der Waals surface area contributed by atoms with E-state index in [2.05, 4.69) is 34.5 Å². The van der Waals surface area contributed by atoms with Crippen LogP contribution in [0.15, 0.2) is 72.8 Å². The molecule has 2 atom stereocenters. The monoisotopic (exact) mass is 460 g/mol. The van der Waals surface area contributed by atoms with Gasteiger partial charge in [-0.25, -0.2) is 0 Å². The van der Waals surface area contributed by atoms with Gasteiger partial charge in [0.2, 0.25) is 5.91 Å². The molecule has 178 valence electrons. The molecule has 1 N–H and O–H groups in total. The summed E-state index contributed by atoms with van der Waals surface area (Å²) in [6.07, 6.45) is 1.74. The summed E-state index contributed by atoms with van der Waals surface area (Å²) in [7, 11) is 4.95. The third-order valence-corrected chi connectivity index (χ3v) is 6.39. The number of likely N-dealkylation sites (tertiary alicyclic amines) is 1. The molecule has 0 radical (unpaired) electrons. The van der Waals surface area contributed by atoms with E-state index in [1.54, 1.807) is 21.3 Å². The predicted octanol–water partition coefficient (Wildman–Crippen LogP) is 5.30. The molecule has 0 spiro atoms. The number of rotatable bonds is 8. The van der Waals surface area contributed by atoms with Crippen LogP contribution in [0.3, 0.4) is 0 Å². The van der Waals surface area contributed by atoms with Crippen molar-refractivity contribution in [3.63, 3.8) is 0 Å². The third-order valence-electron chi connectivity index (χ3n) is 6.39. The van der Waals surface area contributed by atoms with Gasteiger partial charge in [0.25, 0.3) is 0 Å². The summed E-state index contributed by atoms with van der Waals surface area (Å²) in [5.74, 6) is 2.23. The first-order valence-electron chi connectivity index (χ1n) is 11.6. The van der Waals surface area contributed by atoms with Crippen LogP contribution < -0.4 is 19.5 Å². The Morgan fingerprint density at radius 1 is 0.853 bits per heavy atom. The van der Waals surface area contributed by atoms with Gasteiger partial charge in [-0.1, -0.05) is 30.3 Å². The van der Waals surface area contributed by atoms with Crippen molar-refractivity contribution in [3.8, 4) is 17.2 Å². The zero-order chi connectivity index (χ0) is 23.9. The fraction of sp³-hybridized carbons (Fsp3) is 0.321. The molecule has 34 heavy (non-hydrogen) atoms. The highest BCUT2D eigenvalue weighted by molar-refractivity contribution is 5.92. The van der Waals surface area contributed by atoms with E-state index in [0.29, 0.717) is 13.1 Å². The standard InChI is InChI=1S/C28H32N2O4/c1-32-24-12-10-23(11-13-24)29-28(31)22-9-14-27(21-7-5-4-6-8-21)30(19-22)18-20-15-25(33-2)17-26(16-20)34-3/h4-8,10-13,15-17,22,27H,9,14,18-19H2,1-3H3,(H,29,31). The number of piperidine rings is 1. The van der Waals surface area contributed by atoms with E-state index in [-0.39, 0.29) is 17.9 Å². The van der Waals surface area contributed by atoms with Crippen LogP contribution in [-0.4, -0.2) is 38.7 Å². The first-order valence-corrected chi connectivity index (χ1v) is 11.6. The number of hydrogen-bond donors (Lipinski definition) is 1. The molecule has 0 aromatic heterocycles. The Hall–Kier alpha value is -3.51. The molecule has 3 aromatic carbocycles. The lowest BCUT2D eigenvalue weighted by Gasteiger charge is -2.39. The minimum atomic E-state index is -0.102. The van der Waals surface area contributed by atoms with E-state index >= 15 is 0 Å². The molecule has 6 heteroatoms. The second-order valence-electron chi connectivity index (χ2n) is 8.57. The molecule has 1 fully saturated rings. The Labute approximate surface area is 201 Å². The SMILES string of the molecule is COc1ccc(NC(=O)C2CCC(c3ccccc3)N(Cc3cc(OC)cc(OC)c3)C2)cc1. The summed E-state index contributed by atoms with van der Waals surface area (Å²) < 4.78 is 16.1. The fourth-order valence-electron chi connectivity index (χ4n) is 4.60. The zero-order valence-electron chi connectivity index (χ0n) is 20.0. The van der Waals surface area contributed by atoms with Crippen molar-refractivity contribution in [2.24, 2.45) is 5.92 Å². The quantitative estimate of drug-likeness (QED) is 0.494. The van der Waals surface area contributed by atoms with E-state index in [9.17, 15) is 4.79 Å². The smallest absolute Gasteiger partial charge is 0.228 e. The summed E-state index contributed by atoms with van der Waals surface area (Å²) in [6, 6.07) is 24.1. The number of carbonyl (C=O) groups is 1. The molecule has 1 saturated heterocycles. The van der Waals surface area contributed by atoms with Gasteiger partial charge in [0.1, 0.15) is 17.2 Å². The van der Waals surface area contributed by atoms with E-state index < -0.39 is 0 Å². The van der Waals surface area contributed by atoms with Crippen molar-refractivity contribution in [2.75, 3.05) is 33.2 Å². The molecule has 1 aliphatic rings. The van der Waals surface area contributed by atoms with Crippen LogP contribution >= 0.6 is 0 Å². The lowest BCUT2D eigenvalue weighted by molar-refractivity contribution is -0.122. The molecule has 3 aromatic rings. The Kier molecular flexibility index (Phi) is 7.70. The van der Waals surface area contributed by atoms with Gasteiger partial charge in [-0.15, -0.1) is 0 Å². The molecule has 2 unspecified atom stereocenters. The van der Waals surface area contributed by atoms with E-state index in [1.165, 1.54) is 5.56 Å². The average molecular weight is 461 g/mol. The molecular formula is C28H32N2O4. The third kappa shape index (κ3) is 5.69. The largest absolute Gasteiger partial charge is 0.497 e. The van der Waals surface area contributed by atoms with Gasteiger partial charge in [0.05, 0.1) is 27.2 Å². The van der Waals surface area contributed by atoms with Crippen LogP contribution in [0.1, 0.15) is 30.0 Å². The summed E-state index contributed by atoms with van der Waals surface area (Å²) >= 11 is 0. The Bertz CT molecular complexity index is 1060. The van der Waals surface area contributed by atoms with Gasteiger partial charge in [-0.2, -0.15) is 0 Å². The van der Waals surface area contributed by atoms with Crippen LogP contribution in [0.5, 0.6) is 17.2 Å². The fourth-order valence-corrected chi connectivity index (χ4v) is 4.60. The maximum absolute atomic E-state index is 13.2. The topological polar surface area (TPSA) is 60.0 Å². The van der Waals surface area contributed by atoms with Gasteiger partial charge >= 0.3 is 0 Å². The number of ether oxygens (including phenoxy) is 3. The Morgan fingerprint density at radius 3 is 2.12 bits per heavy atom.